The van der Waals surface area contributed by atoms with Crippen LogP contribution < -0.4 is 4.90 Å². The number of benzene rings is 2. The molecular formula is C22H20N2O3. The third-order valence-corrected chi connectivity index (χ3v) is 5.81. The minimum absolute atomic E-state index is 0.146. The van der Waals surface area contributed by atoms with Crippen molar-refractivity contribution in [1.29, 1.82) is 0 Å². The maximum absolute atomic E-state index is 13.3. The van der Waals surface area contributed by atoms with Gasteiger partial charge in [0.2, 0.25) is 5.91 Å². The molecule has 0 radical (unpaired) electrons. The molecule has 0 saturated carbocycles. The monoisotopic (exact) mass is 360 g/mol. The summed E-state index contributed by atoms with van der Waals surface area (Å²) in [5.74, 6) is -0.187. The molecule has 2 aromatic carbocycles. The molecule has 1 saturated heterocycles. The second-order valence-electron chi connectivity index (χ2n) is 7.27. The number of ether oxygens (including phenoxy) is 1. The van der Waals surface area contributed by atoms with Crippen molar-refractivity contribution in [2.75, 3.05) is 18.6 Å². The average Bonchev–Trinajstić information content (AvgIpc) is 3.02. The van der Waals surface area contributed by atoms with Crippen LogP contribution in [0.4, 0.5) is 11.4 Å². The summed E-state index contributed by atoms with van der Waals surface area (Å²) in [6.45, 7) is 7.86. The fraction of sp³-hybridized carbons (Fsp3) is 0.318. The normalized spacial score (nSPS) is 21.0. The molecule has 5 heteroatoms. The Labute approximate surface area is 158 Å². The van der Waals surface area contributed by atoms with Gasteiger partial charge < -0.3 is 9.64 Å². The van der Waals surface area contributed by atoms with Gasteiger partial charge in [-0.3, -0.25) is 4.79 Å². The zero-order valence-corrected chi connectivity index (χ0v) is 15.2. The number of methoxy groups -OCH3 is 1. The SMILES string of the molecule is [C-]#[N+]c1cccc(N2CC[C@]3(CCc4cc(C(=O)OC)ccc4C3)C2=O)c1. The summed E-state index contributed by atoms with van der Waals surface area (Å²) in [5, 5.41) is 0. The first kappa shape index (κ1) is 17.3. The number of hydrogen-bond donors (Lipinski definition) is 0. The fourth-order valence-electron chi connectivity index (χ4n) is 4.30. The number of esters is 1. The first-order chi connectivity index (χ1) is 13.1. The van der Waals surface area contributed by atoms with Crippen molar-refractivity contribution in [1.82, 2.24) is 0 Å². The van der Waals surface area contributed by atoms with Crippen molar-refractivity contribution < 1.29 is 14.3 Å². The molecule has 2 aliphatic rings. The predicted octanol–water partition coefficient (Wildman–Crippen LogP) is 3.94. The second kappa shape index (κ2) is 6.55. The van der Waals surface area contributed by atoms with Gasteiger partial charge in [0.25, 0.3) is 0 Å². The molecule has 1 atom stereocenters. The molecule has 0 N–H and O–H groups in total. The molecule has 0 aromatic heterocycles. The molecule has 136 valence electrons. The first-order valence-electron chi connectivity index (χ1n) is 9.06. The summed E-state index contributed by atoms with van der Waals surface area (Å²) in [6.07, 6.45) is 3.07. The van der Waals surface area contributed by atoms with Crippen LogP contribution in [-0.4, -0.2) is 25.5 Å². The van der Waals surface area contributed by atoms with E-state index in [0.717, 1.165) is 36.1 Å². The van der Waals surface area contributed by atoms with E-state index in [1.807, 2.05) is 29.2 Å². The van der Waals surface area contributed by atoms with E-state index in [9.17, 15) is 9.59 Å². The van der Waals surface area contributed by atoms with E-state index in [2.05, 4.69) is 4.85 Å². The second-order valence-corrected chi connectivity index (χ2v) is 7.27. The van der Waals surface area contributed by atoms with Gasteiger partial charge in [0.1, 0.15) is 0 Å². The van der Waals surface area contributed by atoms with Gasteiger partial charge in [0.05, 0.1) is 24.7 Å². The van der Waals surface area contributed by atoms with Crippen LogP contribution in [0.15, 0.2) is 42.5 Å². The number of anilines is 1. The van der Waals surface area contributed by atoms with Crippen LogP contribution in [0.2, 0.25) is 0 Å². The topological polar surface area (TPSA) is 51.0 Å². The average molecular weight is 360 g/mol. The van der Waals surface area contributed by atoms with Crippen molar-refractivity contribution in [2.45, 2.75) is 25.7 Å². The van der Waals surface area contributed by atoms with E-state index < -0.39 is 0 Å². The molecule has 1 spiro atoms. The van der Waals surface area contributed by atoms with Gasteiger partial charge in [0.15, 0.2) is 5.69 Å². The number of hydrogen-bond acceptors (Lipinski definition) is 3. The molecule has 1 aliphatic carbocycles. The molecule has 1 fully saturated rings. The number of amides is 1. The largest absolute Gasteiger partial charge is 0.465 e. The summed E-state index contributed by atoms with van der Waals surface area (Å²) < 4.78 is 4.80. The van der Waals surface area contributed by atoms with Crippen LogP contribution in [0.3, 0.4) is 0 Å². The molecule has 1 amide bonds. The smallest absolute Gasteiger partial charge is 0.337 e. The highest BCUT2D eigenvalue weighted by Gasteiger charge is 2.48. The lowest BCUT2D eigenvalue weighted by Gasteiger charge is -2.33. The molecule has 27 heavy (non-hydrogen) atoms. The number of carbonyl (C=O) groups is 2. The molecule has 0 bridgehead atoms. The zero-order chi connectivity index (χ0) is 19.0. The van der Waals surface area contributed by atoms with Gasteiger partial charge in [-0.25, -0.2) is 9.64 Å². The highest BCUT2D eigenvalue weighted by molar-refractivity contribution is 6.00. The van der Waals surface area contributed by atoms with Crippen molar-refractivity contribution >= 4 is 23.3 Å². The van der Waals surface area contributed by atoms with Gasteiger partial charge in [0, 0.05) is 12.2 Å². The quantitative estimate of drug-likeness (QED) is 0.602. The zero-order valence-electron chi connectivity index (χ0n) is 15.2. The highest BCUT2D eigenvalue weighted by Crippen LogP contribution is 2.45. The van der Waals surface area contributed by atoms with E-state index in [1.54, 1.807) is 18.2 Å². The Morgan fingerprint density at radius 2 is 2.04 bits per heavy atom. The minimum Gasteiger partial charge on any atom is -0.465 e. The minimum atomic E-state index is -0.381. The van der Waals surface area contributed by atoms with Gasteiger partial charge in [-0.05, 0) is 61.1 Å². The summed E-state index contributed by atoms with van der Waals surface area (Å²) in [5.41, 5.74) is 3.79. The van der Waals surface area contributed by atoms with E-state index in [0.29, 0.717) is 24.2 Å². The Bertz CT molecular complexity index is 976. The van der Waals surface area contributed by atoms with Crippen LogP contribution >= 0.6 is 0 Å². The van der Waals surface area contributed by atoms with E-state index in [1.165, 1.54) is 7.11 Å². The van der Waals surface area contributed by atoms with Crippen LogP contribution in [0.5, 0.6) is 0 Å². The Balaban J connectivity index is 1.60. The summed E-state index contributed by atoms with van der Waals surface area (Å²) in [6, 6.07) is 12.9. The maximum atomic E-state index is 13.3. The maximum Gasteiger partial charge on any atom is 0.337 e. The van der Waals surface area contributed by atoms with Crippen LogP contribution in [0.1, 0.15) is 34.3 Å². The Hall–Kier alpha value is -3.13. The number of nitrogens with zero attached hydrogens (tertiary/aromatic N) is 2. The number of fused-ring (bicyclic) bond motifs is 1. The molecule has 1 aliphatic heterocycles. The van der Waals surface area contributed by atoms with Crippen LogP contribution in [-0.2, 0) is 22.4 Å². The van der Waals surface area contributed by atoms with E-state index >= 15 is 0 Å². The summed E-state index contributed by atoms with van der Waals surface area (Å²) in [4.78, 5) is 30.3. The molecule has 2 aromatic rings. The Morgan fingerprint density at radius 3 is 2.81 bits per heavy atom. The first-order valence-corrected chi connectivity index (χ1v) is 9.06. The lowest BCUT2D eigenvalue weighted by molar-refractivity contribution is -0.126. The summed E-state index contributed by atoms with van der Waals surface area (Å²) >= 11 is 0. The van der Waals surface area contributed by atoms with Crippen LogP contribution in [0.25, 0.3) is 4.85 Å². The van der Waals surface area contributed by atoms with Crippen molar-refractivity contribution in [3.63, 3.8) is 0 Å². The highest BCUT2D eigenvalue weighted by atomic mass is 16.5. The number of rotatable bonds is 2. The van der Waals surface area contributed by atoms with Gasteiger partial charge in [-0.15, -0.1) is 0 Å². The summed E-state index contributed by atoms with van der Waals surface area (Å²) in [7, 11) is 1.38. The van der Waals surface area contributed by atoms with Crippen LogP contribution in [0, 0.1) is 12.0 Å². The van der Waals surface area contributed by atoms with Gasteiger partial charge in [-0.1, -0.05) is 18.2 Å². The fourth-order valence-corrected chi connectivity index (χ4v) is 4.30. The molecule has 1 heterocycles. The third kappa shape index (κ3) is 2.87. The van der Waals surface area contributed by atoms with Gasteiger partial charge in [-0.2, -0.15) is 0 Å². The number of carbonyl (C=O) groups excluding carboxylic acids is 2. The standard InChI is InChI=1S/C22H20N2O3/c1-23-18-4-3-5-19(13-18)24-11-10-22(21(24)26)9-8-15-12-16(20(25)27-2)6-7-17(15)14-22/h3-7,12-13H,8-11,14H2,2H3/t22-/m0/s1. The lowest BCUT2D eigenvalue weighted by atomic mass is 9.70. The molecule has 4 rings (SSSR count). The molecule has 5 nitrogen and oxygen atoms in total. The van der Waals surface area contributed by atoms with Crippen molar-refractivity contribution in [3.8, 4) is 0 Å². The number of aryl methyl sites for hydroxylation is 1. The molecular weight excluding hydrogens is 340 g/mol. The van der Waals surface area contributed by atoms with E-state index in [-0.39, 0.29) is 17.3 Å². The molecule has 0 unspecified atom stereocenters. The lowest BCUT2D eigenvalue weighted by Crippen LogP contribution is -2.38. The van der Waals surface area contributed by atoms with Crippen molar-refractivity contribution in [3.05, 3.63) is 70.6 Å². The van der Waals surface area contributed by atoms with E-state index in [4.69, 9.17) is 11.3 Å². The Morgan fingerprint density at radius 1 is 1.19 bits per heavy atom. The van der Waals surface area contributed by atoms with Crippen molar-refractivity contribution in [2.24, 2.45) is 5.41 Å². The Kier molecular flexibility index (Phi) is 4.19. The predicted molar refractivity (Wildman–Crippen MR) is 102 cm³/mol. The van der Waals surface area contributed by atoms with Gasteiger partial charge >= 0.3 is 5.97 Å². The third-order valence-electron chi connectivity index (χ3n) is 5.81.